The maximum Gasteiger partial charge on any atom is 0.243 e. The van der Waals surface area contributed by atoms with Crippen molar-refractivity contribution in [2.45, 2.75) is 45.2 Å². The Hall–Kier alpha value is -3.03. The SMILES string of the molecule is CC(C)C[C@@H](NC(=O)[C@H](CCc1ccccc1)NC(=O)CN1CCOCC1)C(=O)c1ccccc1. The average molecular weight is 480 g/mol. The van der Waals surface area contributed by atoms with Crippen molar-refractivity contribution in [3.05, 3.63) is 71.8 Å². The summed E-state index contributed by atoms with van der Waals surface area (Å²) in [6.07, 6.45) is 1.60. The average Bonchev–Trinajstić information content (AvgIpc) is 2.87. The van der Waals surface area contributed by atoms with Crippen LogP contribution in [0.2, 0.25) is 0 Å². The largest absolute Gasteiger partial charge is 0.379 e. The van der Waals surface area contributed by atoms with E-state index in [-0.39, 0.29) is 30.1 Å². The lowest BCUT2D eigenvalue weighted by atomic mass is 9.95. The number of benzene rings is 2. The highest BCUT2D eigenvalue weighted by molar-refractivity contribution is 6.02. The zero-order chi connectivity index (χ0) is 25.0. The molecule has 1 aliphatic heterocycles. The van der Waals surface area contributed by atoms with Crippen molar-refractivity contribution >= 4 is 17.6 Å². The van der Waals surface area contributed by atoms with E-state index in [1.165, 1.54) is 0 Å². The number of aryl methyl sites for hydroxylation is 1. The first-order valence-electron chi connectivity index (χ1n) is 12.5. The fourth-order valence-corrected chi connectivity index (χ4v) is 4.21. The van der Waals surface area contributed by atoms with E-state index >= 15 is 0 Å². The van der Waals surface area contributed by atoms with Crippen LogP contribution < -0.4 is 10.6 Å². The lowest BCUT2D eigenvalue weighted by molar-refractivity contribution is -0.130. The number of ketones is 1. The Bertz CT molecular complexity index is 943. The highest BCUT2D eigenvalue weighted by Gasteiger charge is 2.28. The van der Waals surface area contributed by atoms with Crippen LogP contribution in [0.1, 0.15) is 42.6 Å². The zero-order valence-electron chi connectivity index (χ0n) is 20.7. The van der Waals surface area contributed by atoms with E-state index in [0.29, 0.717) is 51.1 Å². The van der Waals surface area contributed by atoms with Crippen LogP contribution in [-0.2, 0) is 20.7 Å². The quantitative estimate of drug-likeness (QED) is 0.457. The van der Waals surface area contributed by atoms with Crippen molar-refractivity contribution in [2.24, 2.45) is 5.92 Å². The van der Waals surface area contributed by atoms with Gasteiger partial charge in [0, 0.05) is 18.7 Å². The summed E-state index contributed by atoms with van der Waals surface area (Å²) in [4.78, 5) is 41.4. The van der Waals surface area contributed by atoms with Crippen molar-refractivity contribution < 1.29 is 19.1 Å². The number of nitrogens with one attached hydrogen (secondary N) is 2. The number of amides is 2. The standard InChI is InChI=1S/C28H37N3O4/c1-21(2)19-25(27(33)23-11-7-4-8-12-23)30-28(34)24(14-13-22-9-5-3-6-10-22)29-26(32)20-31-15-17-35-18-16-31/h3-12,21,24-25H,13-20H2,1-2H3,(H,29,32)(H,30,34)/t24-,25+/m0/s1. The Balaban J connectivity index is 1.70. The molecule has 2 amide bonds. The summed E-state index contributed by atoms with van der Waals surface area (Å²) in [5.74, 6) is -0.429. The number of Topliss-reactive ketones (excluding diaryl/α,β-unsaturated/α-hetero) is 1. The molecule has 3 rings (SSSR count). The third kappa shape index (κ3) is 8.92. The van der Waals surface area contributed by atoms with Crippen molar-refractivity contribution in [1.82, 2.24) is 15.5 Å². The molecule has 1 heterocycles. The molecular formula is C28H37N3O4. The molecule has 0 aromatic heterocycles. The van der Waals surface area contributed by atoms with Gasteiger partial charge in [0.1, 0.15) is 6.04 Å². The molecule has 0 spiro atoms. The Morgan fingerprint density at radius 1 is 0.886 bits per heavy atom. The van der Waals surface area contributed by atoms with Gasteiger partial charge < -0.3 is 15.4 Å². The lowest BCUT2D eigenvalue weighted by Gasteiger charge is -2.28. The Morgan fingerprint density at radius 2 is 1.51 bits per heavy atom. The Kier molecular flexibility index (Phi) is 10.4. The first kappa shape index (κ1) is 26.6. The molecule has 7 heteroatoms. The van der Waals surface area contributed by atoms with E-state index in [1.807, 2.05) is 67.3 Å². The highest BCUT2D eigenvalue weighted by atomic mass is 16.5. The summed E-state index contributed by atoms with van der Waals surface area (Å²) in [6, 6.07) is 17.5. The molecule has 2 aromatic carbocycles. The summed E-state index contributed by atoms with van der Waals surface area (Å²) in [6.45, 7) is 6.85. The van der Waals surface area contributed by atoms with Crippen LogP contribution in [0.4, 0.5) is 0 Å². The van der Waals surface area contributed by atoms with E-state index in [4.69, 9.17) is 4.74 Å². The van der Waals surface area contributed by atoms with Gasteiger partial charge in [0.05, 0.1) is 25.8 Å². The zero-order valence-corrected chi connectivity index (χ0v) is 20.7. The van der Waals surface area contributed by atoms with E-state index in [2.05, 4.69) is 10.6 Å². The van der Waals surface area contributed by atoms with Crippen molar-refractivity contribution in [3.8, 4) is 0 Å². The van der Waals surface area contributed by atoms with Crippen molar-refractivity contribution in [1.29, 1.82) is 0 Å². The number of rotatable bonds is 12. The molecule has 35 heavy (non-hydrogen) atoms. The van der Waals surface area contributed by atoms with Crippen LogP contribution in [-0.4, -0.2) is 67.4 Å². The van der Waals surface area contributed by atoms with Gasteiger partial charge in [-0.05, 0) is 30.7 Å². The molecule has 1 fully saturated rings. The number of ether oxygens (including phenoxy) is 1. The first-order valence-corrected chi connectivity index (χ1v) is 12.5. The molecule has 0 radical (unpaired) electrons. The van der Waals surface area contributed by atoms with Crippen LogP contribution in [0.3, 0.4) is 0 Å². The molecule has 0 aliphatic carbocycles. The fraction of sp³-hybridized carbons (Fsp3) is 0.464. The molecule has 188 valence electrons. The minimum atomic E-state index is -0.734. The van der Waals surface area contributed by atoms with Crippen LogP contribution in [0.25, 0.3) is 0 Å². The number of hydrogen-bond acceptors (Lipinski definition) is 5. The van der Waals surface area contributed by atoms with Gasteiger partial charge in [-0.25, -0.2) is 0 Å². The molecule has 1 aliphatic rings. The molecule has 2 atom stereocenters. The summed E-state index contributed by atoms with van der Waals surface area (Å²) in [7, 11) is 0. The van der Waals surface area contributed by atoms with E-state index in [1.54, 1.807) is 12.1 Å². The molecule has 2 N–H and O–H groups in total. The van der Waals surface area contributed by atoms with Crippen molar-refractivity contribution in [2.75, 3.05) is 32.8 Å². The predicted octanol–water partition coefficient (Wildman–Crippen LogP) is 2.85. The fourth-order valence-electron chi connectivity index (χ4n) is 4.21. The monoisotopic (exact) mass is 479 g/mol. The van der Waals surface area contributed by atoms with Gasteiger partial charge in [-0.2, -0.15) is 0 Å². The molecule has 2 aromatic rings. The van der Waals surface area contributed by atoms with Gasteiger partial charge >= 0.3 is 0 Å². The first-order chi connectivity index (χ1) is 16.9. The van der Waals surface area contributed by atoms with Crippen LogP contribution in [0.15, 0.2) is 60.7 Å². The summed E-state index contributed by atoms with van der Waals surface area (Å²) in [5.41, 5.74) is 1.66. The summed E-state index contributed by atoms with van der Waals surface area (Å²) >= 11 is 0. The normalized spacial score (nSPS) is 15.9. The van der Waals surface area contributed by atoms with Gasteiger partial charge in [0.2, 0.25) is 11.8 Å². The summed E-state index contributed by atoms with van der Waals surface area (Å²) < 4.78 is 5.35. The number of carbonyl (C=O) groups is 3. The van der Waals surface area contributed by atoms with Crippen LogP contribution in [0.5, 0.6) is 0 Å². The van der Waals surface area contributed by atoms with E-state index < -0.39 is 12.1 Å². The molecule has 0 bridgehead atoms. The van der Waals surface area contributed by atoms with Gasteiger partial charge in [0.25, 0.3) is 0 Å². The molecule has 1 saturated heterocycles. The maximum absolute atomic E-state index is 13.4. The lowest BCUT2D eigenvalue weighted by Crippen LogP contribution is -2.54. The second kappa shape index (κ2) is 13.8. The minimum Gasteiger partial charge on any atom is -0.379 e. The van der Waals surface area contributed by atoms with Gasteiger partial charge in [-0.1, -0.05) is 74.5 Å². The second-order valence-corrected chi connectivity index (χ2v) is 9.45. The smallest absolute Gasteiger partial charge is 0.243 e. The van der Waals surface area contributed by atoms with Gasteiger partial charge in [-0.3, -0.25) is 19.3 Å². The van der Waals surface area contributed by atoms with Gasteiger partial charge in [0.15, 0.2) is 5.78 Å². The minimum absolute atomic E-state index is 0.117. The van der Waals surface area contributed by atoms with E-state index in [9.17, 15) is 14.4 Å². The van der Waals surface area contributed by atoms with Crippen LogP contribution >= 0.6 is 0 Å². The Morgan fingerprint density at radius 3 is 2.14 bits per heavy atom. The Labute approximate surface area is 208 Å². The van der Waals surface area contributed by atoms with Crippen molar-refractivity contribution in [3.63, 3.8) is 0 Å². The number of nitrogens with zero attached hydrogens (tertiary/aromatic N) is 1. The number of carbonyl (C=O) groups excluding carboxylic acids is 3. The third-order valence-electron chi connectivity index (χ3n) is 6.09. The molecule has 0 unspecified atom stereocenters. The van der Waals surface area contributed by atoms with E-state index in [0.717, 1.165) is 5.56 Å². The van der Waals surface area contributed by atoms with Crippen LogP contribution in [0, 0.1) is 5.92 Å². The highest BCUT2D eigenvalue weighted by Crippen LogP contribution is 2.13. The predicted molar refractivity (Wildman–Crippen MR) is 136 cm³/mol. The third-order valence-corrected chi connectivity index (χ3v) is 6.09. The number of morpholine rings is 1. The molecule has 0 saturated carbocycles. The molecular weight excluding hydrogens is 442 g/mol. The second-order valence-electron chi connectivity index (χ2n) is 9.45. The van der Waals surface area contributed by atoms with Gasteiger partial charge in [-0.15, -0.1) is 0 Å². The summed E-state index contributed by atoms with van der Waals surface area (Å²) in [5, 5.41) is 5.88. The number of hydrogen-bond donors (Lipinski definition) is 2. The maximum atomic E-state index is 13.4. The topological polar surface area (TPSA) is 87.7 Å². The molecule has 7 nitrogen and oxygen atoms in total.